The van der Waals surface area contributed by atoms with Gasteiger partial charge in [-0.25, -0.2) is 12.8 Å². The van der Waals surface area contributed by atoms with Crippen molar-refractivity contribution < 1.29 is 17.6 Å². The first-order valence-corrected chi connectivity index (χ1v) is 10.5. The predicted octanol–water partition coefficient (Wildman–Crippen LogP) is 4.03. The van der Waals surface area contributed by atoms with Crippen molar-refractivity contribution in [2.24, 2.45) is 0 Å². The van der Waals surface area contributed by atoms with Crippen LogP contribution in [0, 0.1) is 5.82 Å². The summed E-state index contributed by atoms with van der Waals surface area (Å²) < 4.78 is 41.2. The Bertz CT molecular complexity index is 924. The maximum absolute atomic E-state index is 13.8. The zero-order valence-corrected chi connectivity index (χ0v) is 16.0. The number of hydrogen-bond donors (Lipinski definition) is 1. The molecule has 1 aliphatic rings. The molecule has 1 aliphatic carbocycles. The van der Waals surface area contributed by atoms with Crippen LogP contribution in [-0.2, 0) is 10.0 Å². The number of sulfonamides is 1. The molecule has 2 aromatic rings. The summed E-state index contributed by atoms with van der Waals surface area (Å²) in [6.07, 6.45) is 5.32. The monoisotopic (exact) mass is 390 g/mol. The molecule has 7 heteroatoms. The second-order valence-corrected chi connectivity index (χ2v) is 8.50. The molecular weight excluding hydrogens is 367 g/mol. The van der Waals surface area contributed by atoms with Crippen molar-refractivity contribution in [3.8, 4) is 0 Å². The van der Waals surface area contributed by atoms with Gasteiger partial charge in [0.05, 0.1) is 10.6 Å². The number of anilines is 1. The SMILES string of the molecule is CN(C(=O)c1cccc(S(=O)(=O)Nc2ccccc2F)c1)C1CCCCC1. The van der Waals surface area contributed by atoms with Gasteiger partial charge in [-0.1, -0.05) is 37.5 Å². The number of carbonyl (C=O) groups excluding carboxylic acids is 1. The maximum Gasteiger partial charge on any atom is 0.262 e. The van der Waals surface area contributed by atoms with Crippen LogP contribution in [0.2, 0.25) is 0 Å². The Hall–Kier alpha value is -2.41. The molecule has 27 heavy (non-hydrogen) atoms. The fourth-order valence-electron chi connectivity index (χ4n) is 3.38. The largest absolute Gasteiger partial charge is 0.339 e. The van der Waals surface area contributed by atoms with E-state index in [0.717, 1.165) is 25.7 Å². The van der Waals surface area contributed by atoms with E-state index in [1.165, 1.54) is 42.8 Å². The molecule has 0 radical (unpaired) electrons. The summed E-state index contributed by atoms with van der Waals surface area (Å²) in [6, 6.07) is 11.6. The first-order chi connectivity index (χ1) is 12.9. The molecule has 2 aromatic carbocycles. The molecule has 5 nitrogen and oxygen atoms in total. The lowest BCUT2D eigenvalue weighted by molar-refractivity contribution is 0.0696. The zero-order valence-electron chi connectivity index (χ0n) is 15.2. The summed E-state index contributed by atoms with van der Waals surface area (Å²) in [5, 5.41) is 0. The molecule has 0 unspecified atom stereocenters. The van der Waals surface area contributed by atoms with Crippen molar-refractivity contribution in [2.45, 2.75) is 43.0 Å². The normalized spacial score (nSPS) is 15.3. The standard InChI is InChI=1S/C20H23FN2O3S/c1-23(16-9-3-2-4-10-16)20(24)15-8-7-11-17(14-15)27(25,26)22-19-13-6-5-12-18(19)21/h5-8,11-14,16,22H,2-4,9-10H2,1H3. The zero-order chi connectivity index (χ0) is 19.4. The topological polar surface area (TPSA) is 66.5 Å². The Morgan fingerprint density at radius 3 is 2.48 bits per heavy atom. The average molecular weight is 390 g/mol. The first kappa shape index (κ1) is 19.4. The van der Waals surface area contributed by atoms with Crippen molar-refractivity contribution in [1.82, 2.24) is 4.90 Å². The summed E-state index contributed by atoms with van der Waals surface area (Å²) in [7, 11) is -2.24. The number of benzene rings is 2. The third-order valence-corrected chi connectivity index (χ3v) is 6.32. The Kier molecular flexibility index (Phi) is 5.79. The highest BCUT2D eigenvalue weighted by atomic mass is 32.2. The second-order valence-electron chi connectivity index (χ2n) is 6.82. The summed E-state index contributed by atoms with van der Waals surface area (Å²) >= 11 is 0. The molecule has 0 saturated heterocycles. The first-order valence-electron chi connectivity index (χ1n) is 9.03. The molecule has 3 rings (SSSR count). The van der Waals surface area contributed by atoms with E-state index in [-0.39, 0.29) is 22.5 Å². The summed E-state index contributed by atoms with van der Waals surface area (Å²) in [6.45, 7) is 0. The van der Waals surface area contributed by atoms with Gasteiger partial charge in [0, 0.05) is 18.7 Å². The van der Waals surface area contributed by atoms with Gasteiger partial charge in [-0.05, 0) is 43.2 Å². The summed E-state index contributed by atoms with van der Waals surface area (Å²) in [5.41, 5.74) is 0.174. The number of para-hydroxylation sites is 1. The minimum atomic E-state index is -4.00. The van der Waals surface area contributed by atoms with Crippen molar-refractivity contribution in [2.75, 3.05) is 11.8 Å². The molecule has 1 saturated carbocycles. The van der Waals surface area contributed by atoms with Gasteiger partial charge in [-0.3, -0.25) is 9.52 Å². The van der Waals surface area contributed by atoms with Crippen LogP contribution in [0.15, 0.2) is 53.4 Å². The number of hydrogen-bond acceptors (Lipinski definition) is 3. The number of amides is 1. The fourth-order valence-corrected chi connectivity index (χ4v) is 4.49. The van der Waals surface area contributed by atoms with E-state index in [4.69, 9.17) is 0 Å². The molecule has 0 aliphatic heterocycles. The summed E-state index contributed by atoms with van der Waals surface area (Å²) in [5.74, 6) is -0.866. The average Bonchev–Trinajstić information content (AvgIpc) is 2.69. The highest BCUT2D eigenvalue weighted by Crippen LogP contribution is 2.24. The van der Waals surface area contributed by atoms with Gasteiger partial charge in [0.1, 0.15) is 5.82 Å². The van der Waals surface area contributed by atoms with Crippen molar-refractivity contribution in [1.29, 1.82) is 0 Å². The van der Waals surface area contributed by atoms with E-state index in [2.05, 4.69) is 4.72 Å². The van der Waals surface area contributed by atoms with Crippen LogP contribution in [0.4, 0.5) is 10.1 Å². The Morgan fingerprint density at radius 1 is 1.07 bits per heavy atom. The van der Waals surface area contributed by atoms with Crippen LogP contribution >= 0.6 is 0 Å². The smallest absolute Gasteiger partial charge is 0.262 e. The second kappa shape index (κ2) is 8.08. The molecule has 1 fully saturated rings. The van der Waals surface area contributed by atoms with Crippen molar-refractivity contribution in [3.63, 3.8) is 0 Å². The lowest BCUT2D eigenvalue weighted by Crippen LogP contribution is -2.38. The Morgan fingerprint density at radius 2 is 1.78 bits per heavy atom. The molecule has 0 heterocycles. The maximum atomic E-state index is 13.8. The highest BCUT2D eigenvalue weighted by Gasteiger charge is 2.24. The van der Waals surface area contributed by atoms with E-state index in [9.17, 15) is 17.6 Å². The van der Waals surface area contributed by atoms with E-state index < -0.39 is 15.8 Å². The Balaban J connectivity index is 1.82. The minimum absolute atomic E-state index is 0.0753. The molecule has 144 valence electrons. The van der Waals surface area contributed by atoms with Gasteiger partial charge < -0.3 is 4.90 Å². The van der Waals surface area contributed by atoms with E-state index >= 15 is 0 Å². The number of nitrogens with zero attached hydrogens (tertiary/aromatic N) is 1. The number of nitrogens with one attached hydrogen (secondary N) is 1. The number of carbonyl (C=O) groups is 1. The van der Waals surface area contributed by atoms with Crippen LogP contribution in [0.25, 0.3) is 0 Å². The highest BCUT2D eigenvalue weighted by molar-refractivity contribution is 7.92. The van der Waals surface area contributed by atoms with Crippen LogP contribution in [-0.4, -0.2) is 32.3 Å². The number of rotatable bonds is 5. The Labute approximate surface area is 159 Å². The molecule has 1 amide bonds. The third kappa shape index (κ3) is 4.47. The van der Waals surface area contributed by atoms with Gasteiger partial charge in [-0.2, -0.15) is 0 Å². The van der Waals surface area contributed by atoms with E-state index in [1.807, 2.05) is 0 Å². The molecule has 0 aromatic heterocycles. The minimum Gasteiger partial charge on any atom is -0.339 e. The predicted molar refractivity (Wildman–Crippen MR) is 103 cm³/mol. The molecule has 0 bridgehead atoms. The van der Waals surface area contributed by atoms with Crippen molar-refractivity contribution in [3.05, 3.63) is 59.9 Å². The van der Waals surface area contributed by atoms with Gasteiger partial charge in [0.2, 0.25) is 0 Å². The molecule has 1 N–H and O–H groups in total. The lowest BCUT2D eigenvalue weighted by atomic mass is 9.94. The van der Waals surface area contributed by atoms with E-state index in [1.54, 1.807) is 24.1 Å². The van der Waals surface area contributed by atoms with Gasteiger partial charge in [0.15, 0.2) is 0 Å². The third-order valence-electron chi connectivity index (χ3n) is 4.95. The fraction of sp³-hybridized carbons (Fsp3) is 0.350. The van der Waals surface area contributed by atoms with Crippen LogP contribution in [0.3, 0.4) is 0 Å². The quantitative estimate of drug-likeness (QED) is 0.838. The lowest BCUT2D eigenvalue weighted by Gasteiger charge is -2.31. The summed E-state index contributed by atoms with van der Waals surface area (Å²) in [4.78, 5) is 14.4. The van der Waals surface area contributed by atoms with Gasteiger partial charge >= 0.3 is 0 Å². The van der Waals surface area contributed by atoms with Gasteiger partial charge in [0.25, 0.3) is 15.9 Å². The van der Waals surface area contributed by atoms with Crippen LogP contribution in [0.5, 0.6) is 0 Å². The molecule has 0 atom stereocenters. The van der Waals surface area contributed by atoms with Crippen LogP contribution in [0.1, 0.15) is 42.5 Å². The molecule has 0 spiro atoms. The van der Waals surface area contributed by atoms with Gasteiger partial charge in [-0.15, -0.1) is 0 Å². The number of halogens is 1. The van der Waals surface area contributed by atoms with E-state index in [0.29, 0.717) is 5.56 Å². The van der Waals surface area contributed by atoms with Crippen LogP contribution < -0.4 is 4.72 Å². The molecular formula is C20H23FN2O3S. The van der Waals surface area contributed by atoms with Crippen molar-refractivity contribution >= 4 is 21.6 Å².